The highest BCUT2D eigenvalue weighted by atomic mass is 79.9. The van der Waals surface area contributed by atoms with Gasteiger partial charge in [0.25, 0.3) is 11.8 Å². The average molecular weight is 405 g/mol. The fraction of sp³-hybridized carbons (Fsp3) is 0.389. The van der Waals surface area contributed by atoms with Gasteiger partial charge in [-0.25, -0.2) is 0 Å². The molecule has 7 heteroatoms. The van der Waals surface area contributed by atoms with Gasteiger partial charge in [0.05, 0.1) is 29.6 Å². The van der Waals surface area contributed by atoms with E-state index in [9.17, 15) is 14.7 Å². The fourth-order valence-electron chi connectivity index (χ4n) is 4.10. The lowest BCUT2D eigenvalue weighted by Gasteiger charge is -2.37. The predicted molar refractivity (Wildman–Crippen MR) is 94.1 cm³/mol. The Labute approximate surface area is 153 Å². The summed E-state index contributed by atoms with van der Waals surface area (Å²) in [6.45, 7) is 0. The van der Waals surface area contributed by atoms with Gasteiger partial charge in [-0.15, -0.1) is 0 Å². The van der Waals surface area contributed by atoms with E-state index in [4.69, 9.17) is 4.74 Å². The molecule has 0 radical (unpaired) electrons. The van der Waals surface area contributed by atoms with Crippen LogP contribution < -0.4 is 4.74 Å². The van der Waals surface area contributed by atoms with Gasteiger partial charge in [-0.05, 0) is 52.7 Å². The number of amides is 2. The Kier molecular flexibility index (Phi) is 3.91. The van der Waals surface area contributed by atoms with Gasteiger partial charge < -0.3 is 9.84 Å². The molecule has 1 aromatic carbocycles. The number of ether oxygens (including phenoxy) is 1. The normalized spacial score (nSPS) is 30.4. The molecule has 0 spiro atoms. The molecule has 2 fully saturated rings. The number of hydrogen-bond acceptors (Lipinski definition) is 5. The zero-order valence-electron chi connectivity index (χ0n) is 13.6. The first-order valence-corrected chi connectivity index (χ1v) is 8.97. The van der Waals surface area contributed by atoms with Crippen LogP contribution >= 0.6 is 15.9 Å². The molecule has 5 rings (SSSR count). The van der Waals surface area contributed by atoms with Crippen molar-refractivity contribution in [1.82, 2.24) is 5.01 Å². The summed E-state index contributed by atoms with van der Waals surface area (Å²) in [5.41, 5.74) is 0.364. The summed E-state index contributed by atoms with van der Waals surface area (Å²) in [5, 5.41) is 15.2. The van der Waals surface area contributed by atoms with Gasteiger partial charge >= 0.3 is 0 Å². The molecule has 25 heavy (non-hydrogen) atoms. The van der Waals surface area contributed by atoms with Gasteiger partial charge in [-0.2, -0.15) is 10.1 Å². The van der Waals surface area contributed by atoms with Crippen LogP contribution in [0.2, 0.25) is 0 Å². The lowest BCUT2D eigenvalue weighted by Crippen LogP contribution is -2.38. The Balaban J connectivity index is 1.64. The minimum Gasteiger partial charge on any atom is -0.506 e. The van der Waals surface area contributed by atoms with Crippen LogP contribution in [0, 0.1) is 23.7 Å². The number of hydrazone groups is 1. The molecule has 2 amide bonds. The van der Waals surface area contributed by atoms with Crippen molar-refractivity contribution in [2.45, 2.75) is 12.8 Å². The molecular formula is C18H17BrN2O4. The molecular weight excluding hydrogens is 388 g/mol. The highest BCUT2D eigenvalue weighted by Gasteiger charge is 2.56. The minimum atomic E-state index is -0.293. The Morgan fingerprint density at radius 1 is 1.20 bits per heavy atom. The second kappa shape index (κ2) is 5.98. The third-order valence-corrected chi connectivity index (χ3v) is 5.95. The minimum absolute atomic E-state index is 0.0252. The average Bonchev–Trinajstić information content (AvgIpc) is 2.90. The van der Waals surface area contributed by atoms with E-state index in [2.05, 4.69) is 33.2 Å². The number of methoxy groups -OCH3 is 1. The Morgan fingerprint density at radius 3 is 2.32 bits per heavy atom. The number of halogens is 1. The number of fused-ring (bicyclic) bond motifs is 1. The first kappa shape index (κ1) is 16.3. The molecule has 6 nitrogen and oxygen atoms in total. The lowest BCUT2D eigenvalue weighted by atomic mass is 9.63. The van der Waals surface area contributed by atoms with Crippen molar-refractivity contribution >= 4 is 34.0 Å². The Morgan fingerprint density at radius 2 is 1.80 bits per heavy atom. The summed E-state index contributed by atoms with van der Waals surface area (Å²) in [6, 6.07) is 3.21. The number of imide groups is 1. The van der Waals surface area contributed by atoms with Crippen LogP contribution in [0.1, 0.15) is 18.4 Å². The number of phenols is 1. The first-order chi connectivity index (χ1) is 12.0. The molecule has 1 N–H and O–H groups in total. The quantitative estimate of drug-likeness (QED) is 0.477. The van der Waals surface area contributed by atoms with Crippen molar-refractivity contribution in [2.75, 3.05) is 7.11 Å². The SMILES string of the molecule is COc1cc(Br)c(O)c(/C=N\N2C(=O)[C@@H]3[C@@H](C2=O)[C@H]2C=C[C@H]3CC2)c1. The molecule has 1 heterocycles. The molecule has 0 unspecified atom stereocenters. The van der Waals surface area contributed by atoms with Crippen LogP contribution in [-0.4, -0.2) is 35.3 Å². The summed E-state index contributed by atoms with van der Waals surface area (Å²) < 4.78 is 5.61. The molecule has 0 aromatic heterocycles. The van der Waals surface area contributed by atoms with Gasteiger partial charge in [-0.3, -0.25) is 9.59 Å². The van der Waals surface area contributed by atoms with E-state index in [1.165, 1.54) is 13.3 Å². The zero-order chi connectivity index (χ0) is 17.7. The van der Waals surface area contributed by atoms with Crippen LogP contribution in [0.25, 0.3) is 0 Å². The monoisotopic (exact) mass is 404 g/mol. The second-order valence-electron chi connectivity index (χ2n) is 6.62. The number of allylic oxidation sites excluding steroid dienone is 2. The largest absolute Gasteiger partial charge is 0.506 e. The maximum atomic E-state index is 12.7. The maximum Gasteiger partial charge on any atom is 0.254 e. The van der Waals surface area contributed by atoms with Crippen LogP contribution in [0.3, 0.4) is 0 Å². The summed E-state index contributed by atoms with van der Waals surface area (Å²) >= 11 is 3.24. The number of aromatic hydroxyl groups is 1. The highest BCUT2D eigenvalue weighted by Crippen LogP contribution is 2.49. The number of rotatable bonds is 3. The van der Waals surface area contributed by atoms with E-state index >= 15 is 0 Å². The Bertz CT molecular complexity index is 788. The van der Waals surface area contributed by atoms with Crippen molar-refractivity contribution in [3.63, 3.8) is 0 Å². The molecule has 4 aliphatic rings. The summed E-state index contributed by atoms with van der Waals surface area (Å²) in [5.74, 6) is -0.308. The van der Waals surface area contributed by atoms with Crippen molar-refractivity contribution < 1.29 is 19.4 Å². The van der Waals surface area contributed by atoms with Crippen LogP contribution in [-0.2, 0) is 9.59 Å². The topological polar surface area (TPSA) is 79.2 Å². The van der Waals surface area contributed by atoms with Crippen molar-refractivity contribution in [3.05, 3.63) is 34.3 Å². The zero-order valence-corrected chi connectivity index (χ0v) is 15.1. The van der Waals surface area contributed by atoms with Gasteiger partial charge in [-0.1, -0.05) is 12.2 Å². The van der Waals surface area contributed by atoms with E-state index in [1.807, 2.05) is 0 Å². The molecule has 1 aliphatic heterocycles. The molecule has 1 saturated heterocycles. The number of phenolic OH excluding ortho intramolecular Hbond substituents is 1. The molecule has 1 aromatic rings. The van der Waals surface area contributed by atoms with E-state index in [-0.39, 0.29) is 41.2 Å². The van der Waals surface area contributed by atoms with E-state index in [0.29, 0.717) is 15.8 Å². The van der Waals surface area contributed by atoms with E-state index < -0.39 is 0 Å². The van der Waals surface area contributed by atoms with Gasteiger partial charge in [0.2, 0.25) is 0 Å². The molecule has 130 valence electrons. The van der Waals surface area contributed by atoms with Gasteiger partial charge in [0, 0.05) is 5.56 Å². The van der Waals surface area contributed by atoms with E-state index in [1.54, 1.807) is 12.1 Å². The van der Waals surface area contributed by atoms with E-state index in [0.717, 1.165) is 17.9 Å². The van der Waals surface area contributed by atoms with Crippen molar-refractivity contribution in [1.29, 1.82) is 0 Å². The standard InChI is InChI=1S/C18H17BrN2O4/c1-25-12-6-11(16(22)13(19)7-12)8-20-21-17(23)14-9-2-3-10(5-4-9)15(14)18(21)24/h2-3,6-10,14-15,22H,4-5H2,1H3/b20-8-/t9-,10-,14-,15-/m0/s1. The predicted octanol–water partition coefficient (Wildman–Crippen LogP) is 2.69. The summed E-state index contributed by atoms with van der Waals surface area (Å²) in [7, 11) is 1.51. The summed E-state index contributed by atoms with van der Waals surface area (Å²) in [4.78, 5) is 25.4. The third-order valence-electron chi connectivity index (χ3n) is 5.35. The van der Waals surface area contributed by atoms with Crippen LogP contribution in [0.4, 0.5) is 0 Å². The molecule has 2 bridgehead atoms. The highest BCUT2D eigenvalue weighted by molar-refractivity contribution is 9.10. The Hall–Kier alpha value is -2.15. The number of hydrogen-bond donors (Lipinski definition) is 1. The maximum absolute atomic E-state index is 12.7. The first-order valence-electron chi connectivity index (χ1n) is 8.18. The number of carbonyl (C=O) groups excluding carboxylic acids is 2. The van der Waals surface area contributed by atoms with Crippen LogP contribution in [0.15, 0.2) is 33.9 Å². The van der Waals surface area contributed by atoms with Crippen molar-refractivity contribution in [2.24, 2.45) is 28.8 Å². The molecule has 1 saturated carbocycles. The number of carbonyl (C=O) groups is 2. The van der Waals surface area contributed by atoms with Gasteiger partial charge in [0.15, 0.2) is 0 Å². The number of nitrogens with zero attached hydrogens (tertiary/aromatic N) is 2. The van der Waals surface area contributed by atoms with Crippen LogP contribution in [0.5, 0.6) is 11.5 Å². The summed E-state index contributed by atoms with van der Waals surface area (Å²) in [6.07, 6.45) is 7.35. The third kappa shape index (κ3) is 2.49. The molecule has 3 aliphatic carbocycles. The second-order valence-corrected chi connectivity index (χ2v) is 7.48. The lowest BCUT2D eigenvalue weighted by molar-refractivity contribution is -0.140. The van der Waals surface area contributed by atoms with Gasteiger partial charge in [0.1, 0.15) is 11.5 Å². The molecule has 4 atom stereocenters. The fourth-order valence-corrected chi connectivity index (χ4v) is 4.56. The number of benzene rings is 1. The van der Waals surface area contributed by atoms with Crippen molar-refractivity contribution in [3.8, 4) is 11.5 Å². The smallest absolute Gasteiger partial charge is 0.254 e.